The molecule has 3 aromatic rings. The van der Waals surface area contributed by atoms with Gasteiger partial charge < -0.3 is 4.74 Å². The molecule has 0 heterocycles. The summed E-state index contributed by atoms with van der Waals surface area (Å²) < 4.78 is 6.80. The van der Waals surface area contributed by atoms with E-state index in [1.807, 2.05) is 54.6 Å². The van der Waals surface area contributed by atoms with Crippen LogP contribution < -0.4 is 4.74 Å². The third-order valence-corrected chi connectivity index (χ3v) is 5.77. The van der Waals surface area contributed by atoms with E-state index in [9.17, 15) is 4.79 Å². The molecule has 0 saturated heterocycles. The lowest BCUT2D eigenvalue weighted by molar-refractivity contribution is 0.103. The van der Waals surface area contributed by atoms with Gasteiger partial charge in [0, 0.05) is 11.1 Å². The summed E-state index contributed by atoms with van der Waals surface area (Å²) in [6, 6.07) is 20.1. The van der Waals surface area contributed by atoms with E-state index in [1.165, 1.54) is 11.1 Å². The lowest BCUT2D eigenvalue weighted by Gasteiger charge is -2.19. The Labute approximate surface area is 168 Å². The van der Waals surface area contributed by atoms with Gasteiger partial charge in [-0.2, -0.15) is 0 Å². The van der Waals surface area contributed by atoms with Crippen LogP contribution in [-0.4, -0.2) is 5.78 Å². The van der Waals surface area contributed by atoms with Crippen LogP contribution in [0.4, 0.5) is 0 Å². The summed E-state index contributed by atoms with van der Waals surface area (Å²) in [4.78, 5) is 13.1. The van der Waals surface area contributed by atoms with Gasteiger partial charge in [-0.3, -0.25) is 4.79 Å². The van der Waals surface area contributed by atoms with Crippen molar-refractivity contribution in [3.8, 4) is 5.75 Å². The number of ether oxygens (including phenoxy) is 1. The van der Waals surface area contributed by atoms with Gasteiger partial charge in [0.25, 0.3) is 0 Å². The van der Waals surface area contributed by atoms with Crippen molar-refractivity contribution in [3.63, 3.8) is 0 Å². The Morgan fingerprint density at radius 1 is 1.00 bits per heavy atom. The smallest absolute Gasteiger partial charge is 0.193 e. The van der Waals surface area contributed by atoms with Crippen LogP contribution in [-0.2, 0) is 25.9 Å². The molecule has 0 N–H and O–H groups in total. The van der Waals surface area contributed by atoms with Gasteiger partial charge in [-0.1, -0.05) is 49.4 Å². The average molecular weight is 421 g/mol. The Kier molecular flexibility index (Phi) is 5.13. The quantitative estimate of drug-likeness (QED) is 0.462. The molecule has 0 unspecified atom stereocenters. The van der Waals surface area contributed by atoms with Crippen molar-refractivity contribution in [2.24, 2.45) is 0 Å². The Morgan fingerprint density at radius 3 is 2.44 bits per heavy atom. The van der Waals surface area contributed by atoms with Crippen LogP contribution in [0.3, 0.4) is 0 Å². The molecule has 4 rings (SSSR count). The van der Waals surface area contributed by atoms with Gasteiger partial charge >= 0.3 is 0 Å². The molecule has 3 aromatic carbocycles. The van der Waals surface area contributed by atoms with Crippen molar-refractivity contribution in [1.29, 1.82) is 0 Å². The highest BCUT2D eigenvalue weighted by Crippen LogP contribution is 2.32. The minimum atomic E-state index is 0.0804. The third-order valence-electron chi connectivity index (χ3n) is 5.15. The first-order valence-electron chi connectivity index (χ1n) is 9.31. The molecule has 3 heteroatoms. The maximum absolute atomic E-state index is 13.1. The lowest BCUT2D eigenvalue weighted by Crippen LogP contribution is -2.12. The van der Waals surface area contributed by atoms with E-state index in [0.29, 0.717) is 6.61 Å². The maximum atomic E-state index is 13.1. The van der Waals surface area contributed by atoms with Gasteiger partial charge in [0.15, 0.2) is 5.78 Å². The Bertz CT molecular complexity index is 993. The second kappa shape index (κ2) is 7.69. The number of carbonyl (C=O) groups excluding carboxylic acids is 1. The molecule has 2 nitrogen and oxygen atoms in total. The highest BCUT2D eigenvalue weighted by atomic mass is 79.9. The molecule has 0 amide bonds. The number of benzene rings is 3. The summed E-state index contributed by atoms with van der Waals surface area (Å²) in [5, 5.41) is 0. The van der Waals surface area contributed by atoms with Crippen molar-refractivity contribution in [2.45, 2.75) is 32.8 Å². The standard InChI is InChI=1S/C24H21BrO2/c1-2-17-13-23(27-15-16-6-4-3-5-7-16)22(25)14-21(17)24(26)20-11-9-18-8-10-19(18)12-20/h3-7,9,11-14H,2,8,10,15H2,1H3. The zero-order valence-electron chi connectivity index (χ0n) is 15.3. The SMILES string of the molecule is CCc1cc(OCc2ccccc2)c(Br)cc1C(=O)c1ccc2c(c1)CC2. The second-order valence-electron chi connectivity index (χ2n) is 6.88. The maximum Gasteiger partial charge on any atom is 0.193 e. The number of hydrogen-bond acceptors (Lipinski definition) is 2. The number of fused-ring (bicyclic) bond motifs is 1. The fourth-order valence-electron chi connectivity index (χ4n) is 3.44. The van der Waals surface area contributed by atoms with Crippen LogP contribution in [0.25, 0.3) is 0 Å². The first-order valence-corrected chi connectivity index (χ1v) is 10.1. The van der Waals surface area contributed by atoms with Crippen molar-refractivity contribution < 1.29 is 9.53 Å². The van der Waals surface area contributed by atoms with Gasteiger partial charge in [-0.15, -0.1) is 0 Å². The molecule has 0 fully saturated rings. The number of hydrogen-bond donors (Lipinski definition) is 0. The number of halogens is 1. The summed E-state index contributed by atoms with van der Waals surface area (Å²) in [5.74, 6) is 0.848. The molecule has 1 aliphatic rings. The molecule has 27 heavy (non-hydrogen) atoms. The predicted octanol–water partition coefficient (Wildman–Crippen LogP) is 5.92. The van der Waals surface area contributed by atoms with Crippen LogP contribution in [0.5, 0.6) is 5.75 Å². The van der Waals surface area contributed by atoms with Gasteiger partial charge in [0.2, 0.25) is 0 Å². The molecular formula is C24H21BrO2. The number of carbonyl (C=O) groups is 1. The lowest BCUT2D eigenvalue weighted by atomic mass is 9.85. The van der Waals surface area contributed by atoms with Crippen molar-refractivity contribution in [1.82, 2.24) is 0 Å². The van der Waals surface area contributed by atoms with E-state index >= 15 is 0 Å². The summed E-state index contributed by atoms with van der Waals surface area (Å²) in [6.07, 6.45) is 2.98. The summed E-state index contributed by atoms with van der Waals surface area (Å²) in [6.45, 7) is 2.57. The third kappa shape index (κ3) is 3.70. The summed E-state index contributed by atoms with van der Waals surface area (Å²) in [7, 11) is 0. The molecule has 0 aliphatic heterocycles. The van der Waals surface area contributed by atoms with Crippen LogP contribution in [0.15, 0.2) is 65.1 Å². The van der Waals surface area contributed by atoms with Crippen molar-refractivity contribution in [2.75, 3.05) is 0 Å². The van der Waals surface area contributed by atoms with E-state index in [1.54, 1.807) is 0 Å². The van der Waals surface area contributed by atoms with Gasteiger partial charge in [-0.25, -0.2) is 0 Å². The monoisotopic (exact) mass is 420 g/mol. The molecular weight excluding hydrogens is 400 g/mol. The molecule has 0 aromatic heterocycles. The number of rotatable bonds is 6. The molecule has 0 atom stereocenters. The minimum Gasteiger partial charge on any atom is -0.488 e. The van der Waals surface area contributed by atoms with Gasteiger partial charge in [0.05, 0.1) is 4.47 Å². The van der Waals surface area contributed by atoms with Gasteiger partial charge in [0.1, 0.15) is 12.4 Å². The Morgan fingerprint density at radius 2 is 1.78 bits per heavy atom. The zero-order chi connectivity index (χ0) is 18.8. The van der Waals surface area contributed by atoms with Crippen LogP contribution in [0, 0.1) is 0 Å². The van der Waals surface area contributed by atoms with Crippen LogP contribution in [0.1, 0.15) is 45.1 Å². The molecule has 0 spiro atoms. The number of aryl methyl sites for hydroxylation is 3. The first kappa shape index (κ1) is 18.0. The molecule has 0 saturated carbocycles. The fraction of sp³-hybridized carbons (Fsp3) is 0.208. The summed E-state index contributed by atoms with van der Waals surface area (Å²) >= 11 is 3.58. The molecule has 136 valence electrons. The molecule has 0 radical (unpaired) electrons. The topological polar surface area (TPSA) is 26.3 Å². The molecule has 0 bridgehead atoms. The van der Waals surface area contributed by atoms with Gasteiger partial charge in [-0.05, 0) is 75.6 Å². The fourth-order valence-corrected chi connectivity index (χ4v) is 3.89. The number of ketones is 1. The molecule has 1 aliphatic carbocycles. The van der Waals surface area contributed by atoms with E-state index in [2.05, 4.69) is 28.9 Å². The second-order valence-corrected chi connectivity index (χ2v) is 7.73. The largest absolute Gasteiger partial charge is 0.488 e. The van der Waals surface area contributed by atoms with E-state index in [4.69, 9.17) is 4.74 Å². The van der Waals surface area contributed by atoms with E-state index in [0.717, 1.165) is 51.7 Å². The average Bonchev–Trinajstić information content (AvgIpc) is 2.68. The zero-order valence-corrected chi connectivity index (χ0v) is 16.9. The van der Waals surface area contributed by atoms with Crippen LogP contribution in [0.2, 0.25) is 0 Å². The van der Waals surface area contributed by atoms with Crippen LogP contribution >= 0.6 is 15.9 Å². The Hall–Kier alpha value is -2.39. The van der Waals surface area contributed by atoms with Crippen molar-refractivity contribution >= 4 is 21.7 Å². The first-order chi connectivity index (χ1) is 13.2. The van der Waals surface area contributed by atoms with E-state index in [-0.39, 0.29) is 5.78 Å². The van der Waals surface area contributed by atoms with Crippen molar-refractivity contribution in [3.05, 3.63) is 98.5 Å². The minimum absolute atomic E-state index is 0.0804. The predicted molar refractivity (Wildman–Crippen MR) is 112 cm³/mol. The van der Waals surface area contributed by atoms with E-state index < -0.39 is 0 Å². The summed E-state index contributed by atoms with van der Waals surface area (Å²) in [5.41, 5.74) is 6.32. The normalized spacial score (nSPS) is 12.2. The Balaban J connectivity index is 1.60. The highest BCUT2D eigenvalue weighted by Gasteiger charge is 2.20. The highest BCUT2D eigenvalue weighted by molar-refractivity contribution is 9.10.